The minimum atomic E-state index is -0.0304. The fraction of sp³-hybridized carbons (Fsp3) is 0.435. The molecule has 262 valence electrons. The van der Waals surface area contributed by atoms with E-state index >= 15 is 0 Å². The predicted molar refractivity (Wildman–Crippen MR) is 225 cm³/mol. The van der Waals surface area contributed by atoms with E-state index in [4.69, 9.17) is 11.6 Å². The van der Waals surface area contributed by atoms with E-state index in [0.29, 0.717) is 0 Å². The lowest BCUT2D eigenvalue weighted by Gasteiger charge is -2.52. The summed E-state index contributed by atoms with van der Waals surface area (Å²) >= 11 is 9.40. The van der Waals surface area contributed by atoms with Crippen molar-refractivity contribution in [1.82, 2.24) is 0 Å². The molecule has 4 aromatic carbocycles. The number of hydrogen-bond donors (Lipinski definition) is 0. The molecule has 2 atom stereocenters. The van der Waals surface area contributed by atoms with Crippen molar-refractivity contribution in [2.24, 2.45) is 0 Å². The Morgan fingerprint density at radius 3 is 2.00 bits per heavy atom. The highest BCUT2D eigenvalue weighted by Crippen LogP contribution is 2.63. The lowest BCUT2D eigenvalue weighted by atomic mass is 9.35. The predicted octanol–water partition coefficient (Wildman–Crippen LogP) is 11.7. The van der Waals surface area contributed by atoms with Crippen LogP contribution in [0.4, 0.5) is 28.4 Å². The first-order valence-electron chi connectivity index (χ1n) is 19.1. The van der Waals surface area contributed by atoms with Gasteiger partial charge in [0.15, 0.2) is 0 Å². The Hall–Kier alpha value is -3.21. The normalized spacial score (nSPS) is 21.9. The molecule has 2 nitrogen and oxygen atoms in total. The summed E-state index contributed by atoms with van der Waals surface area (Å²) in [6.45, 7) is 28.7. The third-order valence-electron chi connectivity index (χ3n) is 13.6. The Bertz CT molecular complexity index is 2330. The lowest BCUT2D eigenvalue weighted by molar-refractivity contribution is 0.194. The molecule has 51 heavy (non-hydrogen) atoms. The van der Waals surface area contributed by atoms with E-state index in [-0.39, 0.29) is 28.5 Å². The third-order valence-corrected chi connectivity index (χ3v) is 15.0. The second-order valence-corrected chi connectivity index (χ2v) is 20.4. The molecular formula is C46H52BClN2S. The van der Waals surface area contributed by atoms with Crippen molar-refractivity contribution in [2.75, 3.05) is 9.80 Å². The third kappa shape index (κ3) is 4.30. The summed E-state index contributed by atoms with van der Waals surface area (Å²) < 4.78 is 2.82. The molecule has 0 bridgehead atoms. The number of aryl methyl sites for hydroxylation is 4. The summed E-state index contributed by atoms with van der Waals surface area (Å²) in [5.41, 5.74) is 19.6. The maximum atomic E-state index is 7.39. The number of nitrogens with zero attached hydrogens (tertiary/aromatic N) is 2. The topological polar surface area (TPSA) is 6.48 Å². The molecule has 0 amide bonds. The number of benzene rings is 4. The Kier molecular flexibility index (Phi) is 6.90. The molecule has 0 saturated heterocycles. The van der Waals surface area contributed by atoms with Crippen LogP contribution in [0.15, 0.2) is 48.5 Å². The van der Waals surface area contributed by atoms with E-state index in [2.05, 4.69) is 141 Å². The van der Waals surface area contributed by atoms with E-state index in [1.807, 2.05) is 11.3 Å². The molecule has 1 saturated carbocycles. The van der Waals surface area contributed by atoms with E-state index in [0.717, 1.165) is 5.02 Å². The van der Waals surface area contributed by atoms with Crippen molar-refractivity contribution >= 4 is 83.9 Å². The van der Waals surface area contributed by atoms with Gasteiger partial charge in [0.25, 0.3) is 6.71 Å². The molecule has 1 aliphatic carbocycles. The zero-order valence-electron chi connectivity index (χ0n) is 32.7. The first kappa shape index (κ1) is 33.6. The molecule has 0 spiro atoms. The van der Waals surface area contributed by atoms with Gasteiger partial charge >= 0.3 is 0 Å². The summed E-state index contributed by atoms with van der Waals surface area (Å²) in [5, 5.41) is 2.17. The van der Waals surface area contributed by atoms with Crippen LogP contribution in [-0.4, -0.2) is 12.3 Å². The van der Waals surface area contributed by atoms with Gasteiger partial charge in [-0.2, -0.15) is 0 Å². The van der Waals surface area contributed by atoms with Crippen LogP contribution in [0.25, 0.3) is 10.1 Å². The van der Waals surface area contributed by atoms with Crippen LogP contribution in [0.5, 0.6) is 0 Å². The van der Waals surface area contributed by atoms with Crippen LogP contribution in [0, 0.1) is 27.7 Å². The summed E-state index contributed by atoms with van der Waals surface area (Å²) in [6, 6.07) is 19.3. The number of halogens is 1. The Morgan fingerprint density at radius 2 is 1.33 bits per heavy atom. The fourth-order valence-electron chi connectivity index (χ4n) is 10.9. The monoisotopic (exact) mass is 710 g/mol. The molecule has 3 aliphatic heterocycles. The number of rotatable bonds is 1. The largest absolute Gasteiger partial charge is 0.335 e. The first-order chi connectivity index (χ1) is 23.9. The molecule has 2 unspecified atom stereocenters. The van der Waals surface area contributed by atoms with E-state index in [9.17, 15) is 0 Å². The SMILES string of the molecule is Cc1cc(C)c2c3c1B1c4sc5ccc(C(C)(C)C)cc5c4N(c4c(C)cc(C(C)(C)C)cc4C)c4cc(Cl)cc(c41)N3C1(C)CCCCC21C. The van der Waals surface area contributed by atoms with Gasteiger partial charge in [-0.25, -0.2) is 0 Å². The van der Waals surface area contributed by atoms with Crippen LogP contribution in [-0.2, 0) is 16.2 Å². The van der Waals surface area contributed by atoms with Crippen molar-refractivity contribution in [1.29, 1.82) is 0 Å². The second kappa shape index (κ2) is 10.5. The molecular weight excluding hydrogens is 659 g/mol. The van der Waals surface area contributed by atoms with Gasteiger partial charge in [-0.15, -0.1) is 11.3 Å². The van der Waals surface area contributed by atoms with Gasteiger partial charge in [0.2, 0.25) is 0 Å². The zero-order valence-corrected chi connectivity index (χ0v) is 34.3. The Morgan fingerprint density at radius 1 is 0.686 bits per heavy atom. The standard InChI is InChI=1S/C46H52BClN2S/c1-25-19-26(2)37-41-36(25)45(11)17-13-14-18-46(45,12)50(41)34-24-31(48)23-33-38(34)47(37)42-40(32-22-29(43(5,6)7)15-16-35(32)51-42)49(33)39-27(3)20-30(21-28(39)4)44(8,9)10/h15-16,19-24H,13-14,17-18H2,1-12H3. The van der Waals surface area contributed by atoms with Crippen molar-refractivity contribution in [3.63, 3.8) is 0 Å². The van der Waals surface area contributed by atoms with Crippen LogP contribution in [0.2, 0.25) is 5.02 Å². The first-order valence-corrected chi connectivity index (χ1v) is 20.3. The molecule has 0 radical (unpaired) electrons. The summed E-state index contributed by atoms with van der Waals surface area (Å²) in [7, 11) is 0. The lowest BCUT2D eigenvalue weighted by Crippen LogP contribution is -2.64. The Labute approximate surface area is 315 Å². The van der Waals surface area contributed by atoms with Crippen molar-refractivity contribution in [3.05, 3.63) is 92.5 Å². The second-order valence-electron chi connectivity index (χ2n) is 18.9. The van der Waals surface area contributed by atoms with Gasteiger partial charge in [-0.3, -0.25) is 0 Å². The van der Waals surface area contributed by atoms with Crippen molar-refractivity contribution in [3.8, 4) is 0 Å². The minimum absolute atomic E-state index is 0.0304. The van der Waals surface area contributed by atoms with E-state index in [1.54, 1.807) is 5.56 Å². The molecule has 1 fully saturated rings. The summed E-state index contributed by atoms with van der Waals surface area (Å²) in [5.74, 6) is 0. The van der Waals surface area contributed by atoms with Gasteiger partial charge < -0.3 is 9.80 Å². The molecule has 5 heteroatoms. The molecule has 4 aliphatic rings. The average molecular weight is 711 g/mol. The number of anilines is 5. The Balaban J connectivity index is 1.45. The van der Waals surface area contributed by atoms with E-state index in [1.165, 1.54) is 113 Å². The van der Waals surface area contributed by atoms with Crippen molar-refractivity contribution in [2.45, 2.75) is 131 Å². The molecule has 1 aromatic heterocycles. The number of thiophene rings is 1. The van der Waals surface area contributed by atoms with Gasteiger partial charge in [0, 0.05) is 42.4 Å². The van der Waals surface area contributed by atoms with Gasteiger partial charge in [0.1, 0.15) is 0 Å². The zero-order chi connectivity index (χ0) is 36.3. The van der Waals surface area contributed by atoms with E-state index < -0.39 is 0 Å². The molecule has 9 rings (SSSR count). The smallest absolute Gasteiger partial charge is 0.264 e. The van der Waals surface area contributed by atoms with Crippen LogP contribution < -0.4 is 25.5 Å². The van der Waals surface area contributed by atoms with Gasteiger partial charge in [-0.1, -0.05) is 103 Å². The highest BCUT2D eigenvalue weighted by atomic mass is 35.5. The molecule has 4 heterocycles. The average Bonchev–Trinajstić information content (AvgIpc) is 3.50. The maximum absolute atomic E-state index is 7.39. The molecule has 0 N–H and O–H groups in total. The quantitative estimate of drug-likeness (QED) is 0.157. The van der Waals surface area contributed by atoms with Gasteiger partial charge in [0.05, 0.1) is 16.9 Å². The van der Waals surface area contributed by atoms with Crippen LogP contribution >= 0.6 is 22.9 Å². The highest BCUT2D eigenvalue weighted by molar-refractivity contribution is 7.33. The highest BCUT2D eigenvalue weighted by Gasteiger charge is 2.62. The van der Waals surface area contributed by atoms with Gasteiger partial charge in [-0.05, 0) is 127 Å². The molecule has 5 aromatic rings. The van der Waals surface area contributed by atoms with Crippen LogP contribution in [0.1, 0.15) is 120 Å². The minimum Gasteiger partial charge on any atom is -0.335 e. The summed E-state index contributed by atoms with van der Waals surface area (Å²) in [4.78, 5) is 5.46. The van der Waals surface area contributed by atoms with Crippen molar-refractivity contribution < 1.29 is 0 Å². The summed E-state index contributed by atoms with van der Waals surface area (Å²) in [6.07, 6.45) is 4.95. The number of hydrogen-bond acceptors (Lipinski definition) is 3. The fourth-order valence-corrected chi connectivity index (χ4v) is 12.4. The maximum Gasteiger partial charge on any atom is 0.264 e. The number of fused-ring (bicyclic) bond motifs is 9. The van der Waals surface area contributed by atoms with Crippen LogP contribution in [0.3, 0.4) is 0 Å².